The molecule has 0 radical (unpaired) electrons. The number of anilines is 1. The molecular weight excluding hydrogens is 454 g/mol. The first-order valence-corrected chi connectivity index (χ1v) is 11.9. The molecule has 9 heteroatoms. The number of hydrogen-bond acceptors (Lipinski definition) is 7. The highest BCUT2D eigenvalue weighted by atomic mass is 16.6. The molecule has 2 aliphatic heterocycles. The number of fused-ring (bicyclic) bond motifs is 5. The van der Waals surface area contributed by atoms with Gasteiger partial charge < -0.3 is 24.2 Å². The Morgan fingerprint density at radius 3 is 2.75 bits per heavy atom. The highest BCUT2D eigenvalue weighted by Crippen LogP contribution is 2.35. The van der Waals surface area contributed by atoms with Gasteiger partial charge >= 0.3 is 0 Å². The van der Waals surface area contributed by atoms with Crippen molar-refractivity contribution in [3.8, 4) is 34.4 Å². The molecule has 0 saturated carbocycles. The summed E-state index contributed by atoms with van der Waals surface area (Å²) in [7, 11) is 3.86. The minimum Gasteiger partial charge on any atom is -0.364 e. The molecule has 4 heterocycles. The van der Waals surface area contributed by atoms with Gasteiger partial charge in [-0.25, -0.2) is 0 Å². The van der Waals surface area contributed by atoms with Crippen LogP contribution in [0, 0.1) is 11.3 Å². The summed E-state index contributed by atoms with van der Waals surface area (Å²) in [6.07, 6.45) is 3.88. The summed E-state index contributed by atoms with van der Waals surface area (Å²) in [6.45, 7) is 2.68. The summed E-state index contributed by atoms with van der Waals surface area (Å²) in [5, 5.41) is 28.8. The van der Waals surface area contributed by atoms with Crippen molar-refractivity contribution in [3.63, 3.8) is 0 Å². The number of likely N-dealkylation sites (N-methyl/N-ethyl adjacent to an activating group) is 1. The summed E-state index contributed by atoms with van der Waals surface area (Å²) in [5.41, 5.74) is 6.95. The van der Waals surface area contributed by atoms with E-state index in [1.54, 1.807) is 6.33 Å². The average molecular weight is 482 g/mol. The summed E-state index contributed by atoms with van der Waals surface area (Å²) in [4.78, 5) is 4.12. The Morgan fingerprint density at radius 2 is 1.97 bits per heavy atom. The number of hydrogen-bond donors (Lipinski definition) is 1. The minimum atomic E-state index is -1.21. The Labute approximate surface area is 209 Å². The molecule has 4 aromatic rings. The topological polar surface area (TPSA) is 95.4 Å². The maximum atomic E-state index is 11.0. The van der Waals surface area contributed by atoms with E-state index in [0.717, 1.165) is 39.6 Å². The number of nitrogens with zero attached hydrogens (tertiary/aromatic N) is 7. The zero-order valence-electron chi connectivity index (χ0n) is 20.3. The van der Waals surface area contributed by atoms with Crippen molar-refractivity contribution in [2.45, 2.75) is 12.3 Å². The average Bonchev–Trinajstić information content (AvgIpc) is 3.48. The molecule has 1 fully saturated rings. The maximum Gasteiger partial charge on any atom is 0.196 e. The molecule has 2 aromatic carbocycles. The van der Waals surface area contributed by atoms with Crippen molar-refractivity contribution < 1.29 is 9.84 Å². The summed E-state index contributed by atoms with van der Waals surface area (Å²) in [5.74, 6) is -0.423. The highest BCUT2D eigenvalue weighted by Gasteiger charge is 2.35. The van der Waals surface area contributed by atoms with Crippen molar-refractivity contribution in [2.75, 3.05) is 45.2 Å². The first kappa shape index (κ1) is 22.5. The van der Waals surface area contributed by atoms with Crippen LogP contribution in [-0.4, -0.2) is 75.5 Å². The molecule has 182 valence electrons. The van der Waals surface area contributed by atoms with Gasteiger partial charge in [0.05, 0.1) is 42.7 Å². The smallest absolute Gasteiger partial charge is 0.196 e. The molecule has 1 N–H and O–H groups in total. The number of benzene rings is 2. The molecule has 0 spiro atoms. The third kappa shape index (κ3) is 3.95. The lowest BCUT2D eigenvalue weighted by Gasteiger charge is -2.41. The molecule has 6 rings (SSSR count). The fourth-order valence-electron chi connectivity index (χ4n) is 5.20. The third-order valence-corrected chi connectivity index (χ3v) is 6.78. The Hall–Kier alpha value is -3.97. The van der Waals surface area contributed by atoms with E-state index in [1.165, 1.54) is 0 Å². The molecule has 36 heavy (non-hydrogen) atoms. The van der Waals surface area contributed by atoms with Crippen molar-refractivity contribution in [1.29, 1.82) is 5.26 Å². The zero-order chi connectivity index (χ0) is 24.9. The molecule has 0 unspecified atom stereocenters. The van der Waals surface area contributed by atoms with Crippen LogP contribution in [0.2, 0.25) is 0 Å². The second-order valence-corrected chi connectivity index (χ2v) is 9.72. The van der Waals surface area contributed by atoms with Gasteiger partial charge in [-0.1, -0.05) is 12.1 Å². The Bertz CT molecular complexity index is 1460. The van der Waals surface area contributed by atoms with E-state index in [1.807, 2.05) is 47.8 Å². The number of ether oxygens (including phenoxy) is 1. The first-order chi connectivity index (χ1) is 17.4. The Morgan fingerprint density at radius 1 is 1.14 bits per heavy atom. The van der Waals surface area contributed by atoms with Gasteiger partial charge in [-0.05, 0) is 61.6 Å². The van der Waals surface area contributed by atoms with Crippen LogP contribution in [0.4, 0.5) is 5.69 Å². The normalized spacial score (nSPS) is 18.8. The molecule has 2 aliphatic rings. The van der Waals surface area contributed by atoms with E-state index < -0.39 is 5.79 Å². The van der Waals surface area contributed by atoms with Crippen molar-refractivity contribution in [2.24, 2.45) is 0 Å². The predicted molar refractivity (Wildman–Crippen MR) is 136 cm³/mol. The van der Waals surface area contributed by atoms with E-state index in [0.29, 0.717) is 38.3 Å². The fourth-order valence-corrected chi connectivity index (χ4v) is 5.20. The molecule has 1 saturated heterocycles. The van der Waals surface area contributed by atoms with Gasteiger partial charge in [0.2, 0.25) is 0 Å². The largest absolute Gasteiger partial charge is 0.364 e. The van der Waals surface area contributed by atoms with Crippen molar-refractivity contribution in [3.05, 3.63) is 72.2 Å². The monoisotopic (exact) mass is 481 g/mol. The quantitative estimate of drug-likeness (QED) is 0.422. The van der Waals surface area contributed by atoms with E-state index in [4.69, 9.17) is 10.00 Å². The third-order valence-electron chi connectivity index (χ3n) is 6.78. The molecule has 0 bridgehead atoms. The van der Waals surface area contributed by atoms with E-state index in [-0.39, 0.29) is 0 Å². The molecule has 1 atom stereocenters. The number of β-amino-alcohol motifs (C(OH)–C–C–N with tert-alkyl or cyclic N) is 1. The SMILES string of the molecule is CN(C)C[C@@]1(O)CN(c2ccc3c(c2)Cn2cc(-c4ccc(C#N)cc4)cc2-c2nncn2-3)CCO1. The van der Waals surface area contributed by atoms with Crippen molar-refractivity contribution >= 4 is 5.69 Å². The van der Waals surface area contributed by atoms with Gasteiger partial charge in [-0.15, -0.1) is 10.2 Å². The lowest BCUT2D eigenvalue weighted by Crippen LogP contribution is -2.56. The van der Waals surface area contributed by atoms with E-state index >= 15 is 0 Å². The predicted octanol–water partition coefficient (Wildman–Crippen LogP) is 2.72. The van der Waals surface area contributed by atoms with Crippen LogP contribution >= 0.6 is 0 Å². The number of aliphatic hydroxyl groups is 1. The second kappa shape index (κ2) is 8.60. The zero-order valence-corrected chi connectivity index (χ0v) is 20.3. The minimum absolute atomic E-state index is 0.402. The maximum absolute atomic E-state index is 11.0. The number of morpholine rings is 1. The molecule has 9 nitrogen and oxygen atoms in total. The lowest BCUT2D eigenvalue weighted by atomic mass is 10.1. The van der Waals surface area contributed by atoms with Crippen LogP contribution in [0.25, 0.3) is 28.3 Å². The van der Waals surface area contributed by atoms with Crippen LogP contribution in [0.1, 0.15) is 11.1 Å². The first-order valence-electron chi connectivity index (χ1n) is 11.9. The summed E-state index contributed by atoms with van der Waals surface area (Å²) >= 11 is 0. The van der Waals surface area contributed by atoms with Gasteiger partial charge in [0, 0.05) is 30.5 Å². The van der Waals surface area contributed by atoms with Gasteiger partial charge in [-0.3, -0.25) is 4.57 Å². The van der Waals surface area contributed by atoms with Gasteiger partial charge in [0.1, 0.15) is 6.33 Å². The second-order valence-electron chi connectivity index (χ2n) is 9.72. The van der Waals surface area contributed by atoms with E-state index in [2.05, 4.69) is 56.2 Å². The van der Waals surface area contributed by atoms with Crippen LogP contribution in [0.15, 0.2) is 61.1 Å². The van der Waals surface area contributed by atoms with Gasteiger partial charge in [0.15, 0.2) is 11.6 Å². The standard InChI is InChI=1S/C27H27N7O2/c1-31(2)16-27(35)17-32(9-10-36-27)23-7-8-24-22(11-23)15-33-14-21(20-5-3-19(13-28)4-6-20)12-25(33)26-30-29-18-34(24)26/h3-8,11-12,14,18,35H,9-10,15-17H2,1-2H3/t27-/m0/s1. The van der Waals surface area contributed by atoms with E-state index in [9.17, 15) is 5.11 Å². The van der Waals surface area contributed by atoms with Crippen LogP contribution in [-0.2, 0) is 11.3 Å². The number of rotatable bonds is 4. The van der Waals surface area contributed by atoms with Crippen molar-refractivity contribution in [1.82, 2.24) is 24.2 Å². The Balaban J connectivity index is 1.37. The molecule has 0 amide bonds. The van der Waals surface area contributed by atoms with Gasteiger partial charge in [-0.2, -0.15) is 5.26 Å². The summed E-state index contributed by atoms with van der Waals surface area (Å²) in [6, 6.07) is 18.3. The lowest BCUT2D eigenvalue weighted by molar-refractivity contribution is -0.213. The fraction of sp³-hybridized carbons (Fsp3) is 0.296. The summed E-state index contributed by atoms with van der Waals surface area (Å²) < 4.78 is 9.96. The Kier molecular flexibility index (Phi) is 5.38. The molecular formula is C27H27N7O2. The number of nitriles is 1. The van der Waals surface area contributed by atoms with Crippen LogP contribution < -0.4 is 4.90 Å². The molecule has 0 aliphatic carbocycles. The number of aromatic nitrogens is 4. The molecule has 2 aromatic heterocycles. The van der Waals surface area contributed by atoms with Crippen LogP contribution in [0.5, 0.6) is 0 Å². The highest BCUT2D eigenvalue weighted by molar-refractivity contribution is 5.72. The van der Waals surface area contributed by atoms with Gasteiger partial charge in [0.25, 0.3) is 0 Å². The van der Waals surface area contributed by atoms with Crippen LogP contribution in [0.3, 0.4) is 0 Å².